The first-order valence-electron chi connectivity index (χ1n) is 6.32. The molecule has 1 aromatic heterocycles. The number of nitrogens with zero attached hydrogens (tertiary/aromatic N) is 1. The lowest BCUT2D eigenvalue weighted by atomic mass is 10.0. The van der Waals surface area contributed by atoms with Gasteiger partial charge in [-0.3, -0.25) is 14.6 Å². The minimum atomic E-state index is -0.796. The van der Waals surface area contributed by atoms with Crippen LogP contribution in [0.2, 0.25) is 0 Å². The molecule has 0 radical (unpaired) electrons. The van der Waals surface area contributed by atoms with Crippen molar-refractivity contribution in [2.75, 3.05) is 6.61 Å². The number of benzene rings is 1. The van der Waals surface area contributed by atoms with E-state index in [1.165, 1.54) is 6.20 Å². The zero-order valence-electron chi connectivity index (χ0n) is 10.9. The van der Waals surface area contributed by atoms with Gasteiger partial charge in [-0.25, -0.2) is 4.39 Å². The largest absolute Gasteiger partial charge is 0.490 e. The van der Waals surface area contributed by atoms with Gasteiger partial charge < -0.3 is 10.1 Å². The zero-order valence-corrected chi connectivity index (χ0v) is 10.9. The molecule has 1 aliphatic rings. The maximum absolute atomic E-state index is 13.0. The molecule has 5 nitrogen and oxygen atoms in total. The normalized spacial score (nSPS) is 16.8. The first kappa shape index (κ1) is 13.2. The summed E-state index contributed by atoms with van der Waals surface area (Å²) in [7, 11) is 0. The molecule has 0 saturated heterocycles. The summed E-state index contributed by atoms with van der Waals surface area (Å²) in [6.45, 7) is 0.0460. The van der Waals surface area contributed by atoms with Gasteiger partial charge >= 0.3 is 0 Å². The summed E-state index contributed by atoms with van der Waals surface area (Å²) in [6.07, 6.45) is 2.24. The Morgan fingerprint density at radius 1 is 1.33 bits per heavy atom. The molecule has 0 bridgehead atoms. The van der Waals surface area contributed by atoms with E-state index in [1.807, 2.05) is 0 Å². The summed E-state index contributed by atoms with van der Waals surface area (Å²) in [4.78, 5) is 27.9. The Hall–Kier alpha value is -2.76. The van der Waals surface area contributed by atoms with E-state index in [0.29, 0.717) is 11.3 Å². The van der Waals surface area contributed by atoms with Gasteiger partial charge in [-0.2, -0.15) is 0 Å². The summed E-state index contributed by atoms with van der Waals surface area (Å²) >= 11 is 0. The lowest BCUT2D eigenvalue weighted by molar-refractivity contribution is 0.0795. The Bertz CT molecular complexity index is 718. The van der Waals surface area contributed by atoms with Crippen LogP contribution in [0.5, 0.6) is 5.75 Å². The van der Waals surface area contributed by atoms with Crippen LogP contribution in [0, 0.1) is 5.82 Å². The molecule has 0 saturated carbocycles. The molecule has 3 rings (SSSR count). The van der Waals surface area contributed by atoms with Crippen molar-refractivity contribution in [3.8, 4) is 5.75 Å². The zero-order chi connectivity index (χ0) is 14.8. The third-order valence-electron chi connectivity index (χ3n) is 3.15. The molecule has 1 aliphatic heterocycles. The molecular formula is C15H11FN2O3. The van der Waals surface area contributed by atoms with Crippen LogP contribution in [-0.2, 0) is 0 Å². The van der Waals surface area contributed by atoms with Crippen molar-refractivity contribution in [3.63, 3.8) is 0 Å². The molecule has 1 N–H and O–H groups in total. The Kier molecular flexibility index (Phi) is 3.35. The van der Waals surface area contributed by atoms with Crippen LogP contribution in [0.4, 0.5) is 4.39 Å². The predicted octanol–water partition coefficient (Wildman–Crippen LogP) is 1.59. The van der Waals surface area contributed by atoms with E-state index in [2.05, 4.69) is 10.3 Å². The van der Waals surface area contributed by atoms with Gasteiger partial charge in [-0.1, -0.05) is 12.1 Å². The average molecular weight is 286 g/mol. The summed E-state index contributed by atoms with van der Waals surface area (Å²) in [5, 5.41) is 2.53. The maximum Gasteiger partial charge on any atom is 0.253 e. The van der Waals surface area contributed by atoms with E-state index < -0.39 is 17.8 Å². The fourth-order valence-corrected chi connectivity index (χ4v) is 2.12. The van der Waals surface area contributed by atoms with E-state index in [1.54, 1.807) is 24.3 Å². The number of amides is 1. The number of nitrogens with one attached hydrogen (secondary N) is 1. The Morgan fingerprint density at radius 2 is 2.14 bits per heavy atom. The smallest absolute Gasteiger partial charge is 0.253 e. The number of ether oxygens (including phenoxy) is 1. The minimum Gasteiger partial charge on any atom is -0.490 e. The van der Waals surface area contributed by atoms with E-state index in [4.69, 9.17) is 4.74 Å². The number of pyridine rings is 1. The third-order valence-corrected chi connectivity index (χ3v) is 3.15. The van der Waals surface area contributed by atoms with Crippen molar-refractivity contribution in [3.05, 3.63) is 59.7 Å². The summed E-state index contributed by atoms with van der Waals surface area (Å²) in [5.74, 6) is -0.905. The molecule has 0 aliphatic carbocycles. The first-order valence-corrected chi connectivity index (χ1v) is 6.32. The highest BCUT2D eigenvalue weighted by molar-refractivity contribution is 6.06. The number of hydrogen-bond acceptors (Lipinski definition) is 4. The van der Waals surface area contributed by atoms with Crippen LogP contribution >= 0.6 is 0 Å². The van der Waals surface area contributed by atoms with E-state index in [-0.39, 0.29) is 18.0 Å². The number of rotatable bonds is 2. The van der Waals surface area contributed by atoms with Gasteiger partial charge in [0.05, 0.1) is 17.3 Å². The van der Waals surface area contributed by atoms with Crippen molar-refractivity contribution in [2.24, 2.45) is 0 Å². The molecular weight excluding hydrogens is 275 g/mol. The predicted molar refractivity (Wildman–Crippen MR) is 71.7 cm³/mol. The highest BCUT2D eigenvalue weighted by Gasteiger charge is 2.30. The number of hydrogen-bond donors (Lipinski definition) is 1. The maximum atomic E-state index is 13.0. The first-order chi connectivity index (χ1) is 10.1. The molecule has 0 fully saturated rings. The van der Waals surface area contributed by atoms with Crippen molar-refractivity contribution >= 4 is 11.7 Å². The van der Waals surface area contributed by atoms with Gasteiger partial charge in [0.2, 0.25) is 0 Å². The van der Waals surface area contributed by atoms with E-state index >= 15 is 0 Å². The van der Waals surface area contributed by atoms with Crippen molar-refractivity contribution in [2.45, 2.75) is 6.04 Å². The molecule has 6 heteroatoms. The number of para-hydroxylation sites is 1. The Morgan fingerprint density at radius 3 is 2.95 bits per heavy atom. The third kappa shape index (κ3) is 2.60. The molecule has 2 heterocycles. The topological polar surface area (TPSA) is 68.3 Å². The highest BCUT2D eigenvalue weighted by Crippen LogP contribution is 2.24. The second-order valence-electron chi connectivity index (χ2n) is 4.59. The molecule has 106 valence electrons. The number of fused-ring (bicyclic) bond motifs is 1. The monoisotopic (exact) mass is 286 g/mol. The highest BCUT2D eigenvalue weighted by atomic mass is 19.1. The van der Waals surface area contributed by atoms with Crippen molar-refractivity contribution in [1.82, 2.24) is 10.3 Å². The van der Waals surface area contributed by atoms with Crippen LogP contribution in [0.1, 0.15) is 20.7 Å². The molecule has 2 aromatic rings. The van der Waals surface area contributed by atoms with Gasteiger partial charge in [0.15, 0.2) is 5.78 Å². The van der Waals surface area contributed by atoms with Gasteiger partial charge in [-0.15, -0.1) is 0 Å². The van der Waals surface area contributed by atoms with E-state index in [0.717, 1.165) is 12.3 Å². The second kappa shape index (κ2) is 5.32. The Balaban J connectivity index is 1.78. The fourth-order valence-electron chi connectivity index (χ4n) is 2.12. The Labute approximate surface area is 119 Å². The minimum absolute atomic E-state index is 0.0460. The number of halogens is 1. The van der Waals surface area contributed by atoms with Gasteiger partial charge in [-0.05, 0) is 18.2 Å². The average Bonchev–Trinajstić information content (AvgIpc) is 2.50. The van der Waals surface area contributed by atoms with Crippen LogP contribution < -0.4 is 10.1 Å². The number of ketones is 1. The van der Waals surface area contributed by atoms with Crippen LogP contribution in [0.3, 0.4) is 0 Å². The molecule has 1 aromatic carbocycles. The molecule has 1 atom stereocenters. The molecule has 21 heavy (non-hydrogen) atoms. The number of carbonyl (C=O) groups excluding carboxylic acids is 2. The summed E-state index contributed by atoms with van der Waals surface area (Å²) < 4.78 is 18.5. The lowest BCUT2D eigenvalue weighted by Gasteiger charge is -2.24. The number of aromatic nitrogens is 1. The van der Waals surface area contributed by atoms with Gasteiger partial charge in [0.25, 0.3) is 5.91 Å². The molecule has 1 amide bonds. The quantitative estimate of drug-likeness (QED) is 0.910. The number of carbonyl (C=O) groups is 2. The molecule has 0 spiro atoms. The standard InChI is InChI=1S/C15H11FN2O3/c16-10-5-9(6-17-7-10)15(20)18-12-8-21-13-4-2-1-3-11(13)14(12)19/h1-7,12H,8H2,(H,18,20)/t12-/m0/s1. The SMILES string of the molecule is O=C(N[C@H]1COc2ccccc2C1=O)c1cncc(F)c1. The van der Waals surface area contributed by atoms with E-state index in [9.17, 15) is 14.0 Å². The molecule has 0 unspecified atom stereocenters. The van der Waals surface area contributed by atoms with Crippen molar-refractivity contribution in [1.29, 1.82) is 0 Å². The van der Waals surface area contributed by atoms with Gasteiger partial charge in [0.1, 0.15) is 24.2 Å². The van der Waals surface area contributed by atoms with Crippen molar-refractivity contribution < 1.29 is 18.7 Å². The number of Topliss-reactive ketones (excluding diaryl/α,β-unsaturated/α-hetero) is 1. The fraction of sp³-hybridized carbons (Fsp3) is 0.133. The second-order valence-corrected chi connectivity index (χ2v) is 4.59. The lowest BCUT2D eigenvalue weighted by Crippen LogP contribution is -2.47. The van der Waals surface area contributed by atoms with Crippen LogP contribution in [-0.4, -0.2) is 29.3 Å². The summed E-state index contributed by atoms with van der Waals surface area (Å²) in [6, 6.07) is 7.09. The van der Waals surface area contributed by atoms with Gasteiger partial charge in [0, 0.05) is 6.20 Å². The van der Waals surface area contributed by atoms with Crippen LogP contribution in [0.25, 0.3) is 0 Å². The summed E-state index contributed by atoms with van der Waals surface area (Å²) in [5.41, 5.74) is 0.480. The van der Waals surface area contributed by atoms with Crippen LogP contribution in [0.15, 0.2) is 42.7 Å².